The lowest BCUT2D eigenvalue weighted by atomic mass is 10.00. The van der Waals surface area contributed by atoms with Crippen molar-refractivity contribution in [2.75, 3.05) is 30.8 Å². The first-order valence-corrected chi connectivity index (χ1v) is 13.4. The Balaban J connectivity index is 1.50. The van der Waals surface area contributed by atoms with Crippen molar-refractivity contribution < 1.29 is 22.3 Å². The molecule has 2 aromatic heterocycles. The molecule has 0 amide bonds. The van der Waals surface area contributed by atoms with Gasteiger partial charge in [0.1, 0.15) is 16.4 Å². The summed E-state index contributed by atoms with van der Waals surface area (Å²) < 4.78 is 55.6. The van der Waals surface area contributed by atoms with Crippen LogP contribution in [0, 0.1) is 18.7 Å². The van der Waals surface area contributed by atoms with Gasteiger partial charge < -0.3 is 19.8 Å². The van der Waals surface area contributed by atoms with Gasteiger partial charge in [-0.2, -0.15) is 0 Å². The molecular weight excluding hydrogens is 497 g/mol. The minimum atomic E-state index is -4.23. The van der Waals surface area contributed by atoms with E-state index in [9.17, 15) is 12.8 Å². The average molecular weight is 526 g/mol. The number of pyridine rings is 1. The third-order valence-electron chi connectivity index (χ3n) is 6.56. The molecule has 0 radical (unpaired) electrons. The number of ether oxygens (including phenoxy) is 2. The number of methoxy groups -OCH3 is 1. The number of hydrogen-bond acceptors (Lipinski definition) is 7. The fourth-order valence-corrected chi connectivity index (χ4v) is 5.68. The van der Waals surface area contributed by atoms with Crippen molar-refractivity contribution in [1.29, 1.82) is 0 Å². The molecule has 9 nitrogen and oxygen atoms in total. The first-order chi connectivity index (χ1) is 17.7. The zero-order valence-electron chi connectivity index (χ0n) is 20.6. The molecule has 11 heteroatoms. The van der Waals surface area contributed by atoms with Gasteiger partial charge in [0.05, 0.1) is 18.1 Å². The zero-order valence-corrected chi connectivity index (χ0v) is 21.4. The highest BCUT2D eigenvalue weighted by atomic mass is 32.2. The highest BCUT2D eigenvalue weighted by Crippen LogP contribution is 2.33. The third-order valence-corrected chi connectivity index (χ3v) is 7.96. The Labute approximate surface area is 214 Å². The first kappa shape index (κ1) is 25.0. The standard InChI is InChI=1S/C26H28FN5O4S/c1-16-3-6-24(20(27)11-16)37(33,34)31-22-12-19(14-29-25(22)35-2)18-4-5-21-23(13-18)32(26(28)30-21)15-17-7-9-36-10-8-17/h3-6,11-14,17,31H,7-10,15H2,1-2H3,(H2,28,30). The number of nitrogen functional groups attached to an aromatic ring is 1. The Hall–Kier alpha value is -3.70. The van der Waals surface area contributed by atoms with Crippen LogP contribution in [0.2, 0.25) is 0 Å². The number of aryl methyl sites for hydroxylation is 1. The lowest BCUT2D eigenvalue weighted by Crippen LogP contribution is -2.21. The number of halogens is 1. The molecule has 0 unspecified atom stereocenters. The highest BCUT2D eigenvalue weighted by molar-refractivity contribution is 7.92. The second-order valence-electron chi connectivity index (χ2n) is 9.16. The van der Waals surface area contributed by atoms with E-state index in [2.05, 4.69) is 14.7 Å². The second-order valence-corrected chi connectivity index (χ2v) is 10.8. The molecule has 0 saturated carbocycles. The van der Waals surface area contributed by atoms with Crippen LogP contribution in [0.15, 0.2) is 53.6 Å². The normalized spacial score (nSPS) is 14.7. The second kappa shape index (κ2) is 9.98. The topological polar surface area (TPSA) is 121 Å². The van der Waals surface area contributed by atoms with E-state index in [1.807, 2.05) is 22.8 Å². The molecule has 1 aliphatic heterocycles. The molecule has 37 heavy (non-hydrogen) atoms. The monoisotopic (exact) mass is 525 g/mol. The van der Waals surface area contributed by atoms with Gasteiger partial charge in [-0.25, -0.2) is 22.8 Å². The number of hydrogen-bond donors (Lipinski definition) is 2. The molecular formula is C26H28FN5O4S. The molecule has 0 spiro atoms. The summed E-state index contributed by atoms with van der Waals surface area (Å²) in [5.74, 6) is 0.120. The summed E-state index contributed by atoms with van der Waals surface area (Å²) in [5, 5.41) is 0. The molecule has 0 bridgehead atoms. The number of nitrogens with one attached hydrogen (secondary N) is 1. The summed E-state index contributed by atoms with van der Waals surface area (Å²) in [6, 6.07) is 11.2. The largest absolute Gasteiger partial charge is 0.480 e. The predicted molar refractivity (Wildman–Crippen MR) is 139 cm³/mol. The number of aromatic nitrogens is 3. The van der Waals surface area contributed by atoms with Crippen LogP contribution in [0.3, 0.4) is 0 Å². The minimum Gasteiger partial charge on any atom is -0.480 e. The quantitative estimate of drug-likeness (QED) is 0.368. The van der Waals surface area contributed by atoms with Crippen LogP contribution in [-0.4, -0.2) is 43.3 Å². The lowest BCUT2D eigenvalue weighted by Gasteiger charge is -2.23. The van der Waals surface area contributed by atoms with Crippen LogP contribution in [-0.2, 0) is 21.3 Å². The van der Waals surface area contributed by atoms with E-state index in [1.165, 1.54) is 25.3 Å². The molecule has 194 valence electrons. The van der Waals surface area contributed by atoms with Gasteiger partial charge in [-0.15, -0.1) is 0 Å². The van der Waals surface area contributed by atoms with Crippen LogP contribution >= 0.6 is 0 Å². The van der Waals surface area contributed by atoms with Crippen molar-refractivity contribution in [3.63, 3.8) is 0 Å². The van der Waals surface area contributed by atoms with Gasteiger partial charge in [-0.1, -0.05) is 12.1 Å². The molecule has 3 heterocycles. The van der Waals surface area contributed by atoms with Gasteiger partial charge in [0.15, 0.2) is 0 Å². The third kappa shape index (κ3) is 5.09. The van der Waals surface area contributed by atoms with E-state index in [0.29, 0.717) is 23.0 Å². The van der Waals surface area contributed by atoms with E-state index in [4.69, 9.17) is 15.2 Å². The van der Waals surface area contributed by atoms with Crippen LogP contribution in [0.25, 0.3) is 22.2 Å². The Kier molecular flexibility index (Phi) is 6.74. The predicted octanol–water partition coefficient (Wildman–Crippen LogP) is 4.36. The van der Waals surface area contributed by atoms with E-state index < -0.39 is 20.7 Å². The number of nitrogens with zero attached hydrogens (tertiary/aromatic N) is 3. The van der Waals surface area contributed by atoms with Crippen LogP contribution in [0.1, 0.15) is 18.4 Å². The molecule has 1 saturated heterocycles. The summed E-state index contributed by atoms with van der Waals surface area (Å²) in [4.78, 5) is 8.33. The highest BCUT2D eigenvalue weighted by Gasteiger charge is 2.22. The fourth-order valence-electron chi connectivity index (χ4n) is 4.57. The molecule has 4 aromatic rings. The molecule has 3 N–H and O–H groups in total. The van der Waals surface area contributed by atoms with Gasteiger partial charge in [-0.3, -0.25) is 4.72 Å². The number of nitrogens with two attached hydrogens (primary N) is 1. The van der Waals surface area contributed by atoms with Gasteiger partial charge in [0.25, 0.3) is 10.0 Å². The first-order valence-electron chi connectivity index (χ1n) is 11.9. The van der Waals surface area contributed by atoms with Gasteiger partial charge >= 0.3 is 0 Å². The Bertz CT molecular complexity index is 1560. The fraction of sp³-hybridized carbons (Fsp3) is 0.308. The Morgan fingerprint density at radius 1 is 1.16 bits per heavy atom. The van der Waals surface area contributed by atoms with E-state index in [-0.39, 0.29) is 11.6 Å². The summed E-state index contributed by atoms with van der Waals surface area (Å²) >= 11 is 0. The maximum atomic E-state index is 14.4. The number of imidazole rings is 1. The van der Waals surface area contributed by atoms with Crippen LogP contribution in [0.4, 0.5) is 16.0 Å². The molecule has 1 fully saturated rings. The maximum Gasteiger partial charge on any atom is 0.264 e. The molecule has 5 rings (SSSR count). The van der Waals surface area contributed by atoms with Crippen molar-refractivity contribution in [1.82, 2.24) is 14.5 Å². The Morgan fingerprint density at radius 3 is 2.68 bits per heavy atom. The zero-order chi connectivity index (χ0) is 26.2. The minimum absolute atomic E-state index is 0.0646. The number of benzene rings is 2. The number of sulfonamides is 1. The van der Waals surface area contributed by atoms with Crippen molar-refractivity contribution >= 4 is 32.7 Å². The van der Waals surface area contributed by atoms with Crippen LogP contribution in [0.5, 0.6) is 5.88 Å². The van der Waals surface area contributed by atoms with E-state index in [1.54, 1.807) is 19.2 Å². The van der Waals surface area contributed by atoms with Crippen LogP contribution < -0.4 is 15.2 Å². The smallest absolute Gasteiger partial charge is 0.264 e. The van der Waals surface area contributed by atoms with Crippen molar-refractivity contribution in [2.24, 2.45) is 5.92 Å². The summed E-state index contributed by atoms with van der Waals surface area (Å²) in [5.41, 5.74) is 10.0. The van der Waals surface area contributed by atoms with E-state index in [0.717, 1.165) is 49.2 Å². The van der Waals surface area contributed by atoms with Gasteiger partial charge in [0.2, 0.25) is 11.8 Å². The van der Waals surface area contributed by atoms with Gasteiger partial charge in [0, 0.05) is 31.5 Å². The number of fused-ring (bicyclic) bond motifs is 1. The molecule has 1 aliphatic rings. The van der Waals surface area contributed by atoms with E-state index >= 15 is 0 Å². The summed E-state index contributed by atoms with van der Waals surface area (Å²) in [7, 11) is -2.85. The molecule has 0 atom stereocenters. The molecule has 0 aliphatic carbocycles. The summed E-state index contributed by atoms with van der Waals surface area (Å²) in [6.45, 7) is 3.91. The van der Waals surface area contributed by atoms with Gasteiger partial charge in [-0.05, 0) is 67.1 Å². The number of anilines is 2. The maximum absolute atomic E-state index is 14.4. The number of rotatable bonds is 7. The Morgan fingerprint density at radius 2 is 1.95 bits per heavy atom. The van der Waals surface area contributed by atoms with Crippen molar-refractivity contribution in [3.05, 3.63) is 60.0 Å². The van der Waals surface area contributed by atoms with Crippen molar-refractivity contribution in [3.8, 4) is 17.0 Å². The SMILES string of the molecule is COc1ncc(-c2ccc3nc(N)n(CC4CCOCC4)c3c2)cc1NS(=O)(=O)c1ccc(C)cc1F. The lowest BCUT2D eigenvalue weighted by molar-refractivity contribution is 0.0618. The summed E-state index contributed by atoms with van der Waals surface area (Å²) in [6.07, 6.45) is 3.52. The average Bonchev–Trinajstić information content (AvgIpc) is 3.18. The van der Waals surface area contributed by atoms with Crippen molar-refractivity contribution in [2.45, 2.75) is 31.2 Å². The molecule has 2 aromatic carbocycles.